The van der Waals surface area contributed by atoms with Crippen LogP contribution in [0.25, 0.3) is 5.76 Å². The summed E-state index contributed by atoms with van der Waals surface area (Å²) in [5.74, 6) is -2.81. The lowest BCUT2D eigenvalue weighted by Gasteiger charge is -2.26. The molecule has 1 atom stereocenters. The number of aliphatic hydroxyl groups is 1. The zero-order valence-electron chi connectivity index (χ0n) is 19.8. The van der Waals surface area contributed by atoms with E-state index in [-0.39, 0.29) is 22.7 Å². The number of ether oxygens (including phenoxy) is 1. The number of ketones is 1. The van der Waals surface area contributed by atoms with Gasteiger partial charge in [0.2, 0.25) is 0 Å². The van der Waals surface area contributed by atoms with Gasteiger partial charge in [-0.3, -0.25) is 14.5 Å². The fraction of sp³-hybridized carbons (Fsp3) is 0.214. The number of carbonyl (C=O) groups is 2. The number of aryl methyl sites for hydroxylation is 1. The van der Waals surface area contributed by atoms with Crippen molar-refractivity contribution in [2.45, 2.75) is 32.7 Å². The summed E-state index contributed by atoms with van der Waals surface area (Å²) in [6.45, 7) is 5.67. The molecule has 3 aromatic carbocycles. The lowest BCUT2D eigenvalue weighted by Crippen LogP contribution is -2.29. The van der Waals surface area contributed by atoms with Crippen LogP contribution in [-0.2, 0) is 9.59 Å². The average molecular weight is 478 g/mol. The van der Waals surface area contributed by atoms with Crippen molar-refractivity contribution in [1.29, 1.82) is 0 Å². The van der Waals surface area contributed by atoms with Gasteiger partial charge in [-0.15, -0.1) is 0 Å². The van der Waals surface area contributed by atoms with E-state index in [0.29, 0.717) is 16.9 Å². The number of benzene rings is 3. The maximum absolute atomic E-state index is 15.0. The Hall–Kier alpha value is -4.00. The summed E-state index contributed by atoms with van der Waals surface area (Å²) < 4.78 is 34.1. The normalized spacial score (nSPS) is 17.3. The minimum Gasteiger partial charge on any atom is -0.507 e. The van der Waals surface area contributed by atoms with Crippen LogP contribution in [0.5, 0.6) is 5.75 Å². The third kappa shape index (κ3) is 4.18. The quantitative estimate of drug-likeness (QED) is 0.277. The van der Waals surface area contributed by atoms with Crippen molar-refractivity contribution < 1.29 is 28.2 Å². The SMILES string of the molecule is COc1cc(C)c(/C(O)=C2\C(=O)C(=O)N(c3ccc(F)cc3)C2c2ccccc2F)cc1C(C)C. The van der Waals surface area contributed by atoms with Crippen LogP contribution < -0.4 is 9.64 Å². The Morgan fingerprint density at radius 2 is 1.69 bits per heavy atom. The topological polar surface area (TPSA) is 66.8 Å². The molecular formula is C28H25F2NO4. The van der Waals surface area contributed by atoms with Crippen molar-refractivity contribution in [3.8, 4) is 5.75 Å². The maximum Gasteiger partial charge on any atom is 0.300 e. The van der Waals surface area contributed by atoms with Crippen LogP contribution in [0.2, 0.25) is 0 Å². The van der Waals surface area contributed by atoms with Gasteiger partial charge in [0.25, 0.3) is 11.7 Å². The molecule has 3 aromatic rings. The largest absolute Gasteiger partial charge is 0.507 e. The Morgan fingerprint density at radius 1 is 1.03 bits per heavy atom. The van der Waals surface area contributed by atoms with E-state index in [9.17, 15) is 19.1 Å². The Labute approximate surface area is 202 Å². The second-order valence-electron chi connectivity index (χ2n) is 8.73. The second kappa shape index (κ2) is 9.33. The predicted molar refractivity (Wildman–Crippen MR) is 129 cm³/mol. The zero-order chi connectivity index (χ0) is 25.4. The van der Waals surface area contributed by atoms with Crippen LogP contribution in [-0.4, -0.2) is 23.9 Å². The maximum atomic E-state index is 15.0. The molecular weight excluding hydrogens is 452 g/mol. The number of hydrogen-bond donors (Lipinski definition) is 1. The van der Waals surface area contributed by atoms with E-state index in [1.54, 1.807) is 32.2 Å². The summed E-state index contributed by atoms with van der Waals surface area (Å²) in [6.07, 6.45) is 0. The summed E-state index contributed by atoms with van der Waals surface area (Å²) in [5.41, 5.74) is 1.75. The van der Waals surface area contributed by atoms with E-state index in [0.717, 1.165) is 22.6 Å². The van der Waals surface area contributed by atoms with Gasteiger partial charge < -0.3 is 9.84 Å². The van der Waals surface area contributed by atoms with Crippen molar-refractivity contribution in [2.24, 2.45) is 0 Å². The Bertz CT molecular complexity index is 1350. The van der Waals surface area contributed by atoms with Gasteiger partial charge in [0, 0.05) is 16.8 Å². The molecule has 4 rings (SSSR count). The number of Topliss-reactive ketones (excluding diaryl/α,β-unsaturated/α-hetero) is 1. The van der Waals surface area contributed by atoms with Crippen molar-refractivity contribution in [3.05, 3.63) is 100 Å². The van der Waals surface area contributed by atoms with Gasteiger partial charge in [0.05, 0.1) is 18.7 Å². The molecule has 1 N–H and O–H groups in total. The first-order valence-corrected chi connectivity index (χ1v) is 11.2. The Kier molecular flexibility index (Phi) is 6.43. The molecule has 7 heteroatoms. The number of aliphatic hydroxyl groups excluding tert-OH is 1. The summed E-state index contributed by atoms with van der Waals surface area (Å²) >= 11 is 0. The van der Waals surface area contributed by atoms with E-state index in [4.69, 9.17) is 4.74 Å². The van der Waals surface area contributed by atoms with Gasteiger partial charge in [0.15, 0.2) is 0 Å². The first-order chi connectivity index (χ1) is 16.6. The molecule has 1 fully saturated rings. The molecule has 0 radical (unpaired) electrons. The summed E-state index contributed by atoms with van der Waals surface area (Å²) in [4.78, 5) is 27.6. The molecule has 5 nitrogen and oxygen atoms in total. The zero-order valence-corrected chi connectivity index (χ0v) is 19.8. The molecule has 1 aliphatic rings. The van der Waals surface area contributed by atoms with Gasteiger partial charge in [-0.05, 0) is 66.4 Å². The first-order valence-electron chi connectivity index (χ1n) is 11.2. The number of hydrogen-bond acceptors (Lipinski definition) is 4. The molecule has 0 aromatic heterocycles. The fourth-order valence-electron chi connectivity index (χ4n) is 4.42. The Morgan fingerprint density at radius 3 is 2.29 bits per heavy atom. The molecule has 180 valence electrons. The number of carbonyl (C=O) groups excluding carboxylic acids is 2. The number of nitrogens with zero attached hydrogens (tertiary/aromatic N) is 1. The minimum atomic E-state index is -1.24. The number of methoxy groups -OCH3 is 1. The van der Waals surface area contributed by atoms with Crippen LogP contribution in [0.1, 0.15) is 48.1 Å². The molecule has 0 aliphatic carbocycles. The van der Waals surface area contributed by atoms with Gasteiger partial charge >= 0.3 is 0 Å². The van der Waals surface area contributed by atoms with E-state index >= 15 is 4.39 Å². The first kappa shape index (κ1) is 24.1. The minimum absolute atomic E-state index is 0.0350. The predicted octanol–water partition coefficient (Wildman–Crippen LogP) is 6.03. The molecule has 1 amide bonds. The van der Waals surface area contributed by atoms with E-state index in [2.05, 4.69) is 0 Å². The molecule has 1 aliphatic heterocycles. The van der Waals surface area contributed by atoms with E-state index in [1.165, 1.54) is 30.3 Å². The fourth-order valence-corrected chi connectivity index (χ4v) is 4.42. The molecule has 1 heterocycles. The highest BCUT2D eigenvalue weighted by Crippen LogP contribution is 2.44. The molecule has 1 saturated heterocycles. The summed E-state index contributed by atoms with van der Waals surface area (Å²) in [5, 5.41) is 11.4. The van der Waals surface area contributed by atoms with Gasteiger partial charge in [-0.25, -0.2) is 8.78 Å². The van der Waals surface area contributed by atoms with Crippen LogP contribution in [0, 0.1) is 18.6 Å². The highest BCUT2D eigenvalue weighted by Gasteiger charge is 2.48. The summed E-state index contributed by atoms with van der Waals surface area (Å²) in [6, 6.07) is 12.9. The molecule has 0 spiro atoms. The van der Waals surface area contributed by atoms with Crippen LogP contribution in [0.4, 0.5) is 14.5 Å². The number of halogens is 2. The smallest absolute Gasteiger partial charge is 0.300 e. The summed E-state index contributed by atoms with van der Waals surface area (Å²) in [7, 11) is 1.55. The van der Waals surface area contributed by atoms with Gasteiger partial charge in [-0.1, -0.05) is 32.0 Å². The van der Waals surface area contributed by atoms with E-state index < -0.39 is 35.1 Å². The van der Waals surface area contributed by atoms with Crippen LogP contribution in [0.3, 0.4) is 0 Å². The van der Waals surface area contributed by atoms with Crippen molar-refractivity contribution >= 4 is 23.1 Å². The number of anilines is 1. The third-order valence-corrected chi connectivity index (χ3v) is 6.20. The monoisotopic (exact) mass is 477 g/mol. The van der Waals surface area contributed by atoms with Crippen molar-refractivity contribution in [2.75, 3.05) is 12.0 Å². The molecule has 35 heavy (non-hydrogen) atoms. The van der Waals surface area contributed by atoms with Crippen LogP contribution >= 0.6 is 0 Å². The highest BCUT2D eigenvalue weighted by molar-refractivity contribution is 6.51. The van der Waals surface area contributed by atoms with Gasteiger partial charge in [0.1, 0.15) is 23.1 Å². The number of rotatable bonds is 5. The average Bonchev–Trinajstić information content (AvgIpc) is 3.09. The van der Waals surface area contributed by atoms with Crippen LogP contribution in [0.15, 0.2) is 66.2 Å². The van der Waals surface area contributed by atoms with Crippen molar-refractivity contribution in [3.63, 3.8) is 0 Å². The second-order valence-corrected chi connectivity index (χ2v) is 8.73. The van der Waals surface area contributed by atoms with E-state index in [1.807, 2.05) is 13.8 Å². The highest BCUT2D eigenvalue weighted by atomic mass is 19.1. The molecule has 0 saturated carbocycles. The lowest BCUT2D eigenvalue weighted by atomic mass is 9.91. The Balaban J connectivity index is 2.00. The third-order valence-electron chi connectivity index (χ3n) is 6.20. The lowest BCUT2D eigenvalue weighted by molar-refractivity contribution is -0.132. The number of amides is 1. The van der Waals surface area contributed by atoms with Gasteiger partial charge in [-0.2, -0.15) is 0 Å². The molecule has 0 bridgehead atoms. The molecule has 1 unspecified atom stereocenters. The standard InChI is InChI=1S/C28H25F2NO4/c1-15(2)20-14-21(16(3)13-23(20)35-4)26(32)24-25(19-7-5-6-8-22(19)30)31(28(34)27(24)33)18-11-9-17(29)10-12-18/h5-15,25,32H,1-4H3/b26-24+. The van der Waals surface area contributed by atoms with Crippen molar-refractivity contribution in [1.82, 2.24) is 0 Å².